The van der Waals surface area contributed by atoms with Gasteiger partial charge in [-0.3, -0.25) is 4.79 Å². The van der Waals surface area contributed by atoms with Crippen molar-refractivity contribution in [3.63, 3.8) is 0 Å². The number of alkyl halides is 3. The fourth-order valence-corrected chi connectivity index (χ4v) is 2.52. The van der Waals surface area contributed by atoms with E-state index in [1.54, 1.807) is 0 Å². The van der Waals surface area contributed by atoms with E-state index >= 15 is 0 Å². The molecular formula is C14H8BrF3N2O6. The van der Waals surface area contributed by atoms with Crippen molar-refractivity contribution in [1.82, 2.24) is 4.98 Å². The molecule has 0 aliphatic rings. The second-order valence-corrected chi connectivity index (χ2v) is 5.65. The van der Waals surface area contributed by atoms with Crippen LogP contribution < -0.4 is 16.0 Å². The van der Waals surface area contributed by atoms with E-state index in [4.69, 9.17) is 5.73 Å². The van der Waals surface area contributed by atoms with Crippen LogP contribution in [0.3, 0.4) is 0 Å². The van der Waals surface area contributed by atoms with Gasteiger partial charge in [0.2, 0.25) is 0 Å². The number of rotatable bonds is 4. The molecule has 0 aliphatic carbocycles. The first kappa shape index (κ1) is 19.3. The number of nitrogen functional groups attached to an aromatic ring is 1. The number of aromatic carboxylic acids is 2. The molecule has 12 heteroatoms. The summed E-state index contributed by atoms with van der Waals surface area (Å²) in [7, 11) is 0. The maximum atomic E-state index is 12.5. The Bertz CT molecular complexity index is 970. The van der Waals surface area contributed by atoms with Crippen LogP contribution in [0, 0.1) is 0 Å². The van der Waals surface area contributed by atoms with Crippen LogP contribution in [0.2, 0.25) is 0 Å². The summed E-state index contributed by atoms with van der Waals surface area (Å²) >= 11 is 2.83. The van der Waals surface area contributed by atoms with Crippen LogP contribution in [0.4, 0.5) is 19.0 Å². The maximum Gasteiger partial charge on any atom is 0.573 e. The fourth-order valence-electron chi connectivity index (χ4n) is 2.20. The number of aromatic amines is 1. The molecule has 0 unspecified atom stereocenters. The van der Waals surface area contributed by atoms with Gasteiger partial charge in [-0.15, -0.1) is 13.2 Å². The standard InChI is InChI=1S/C14H8BrF3N2O6/c15-5-2-1-4(3-6(5)26-14(16,17)18)7-8(12(22)23)10(19)20-11(21)9(7)13(24)25/h1-3H,(H,22,23)(H,24,25)(H3,19,20,21). The molecule has 0 saturated heterocycles. The van der Waals surface area contributed by atoms with Gasteiger partial charge in [-0.1, -0.05) is 6.07 Å². The van der Waals surface area contributed by atoms with Crippen molar-refractivity contribution >= 4 is 33.7 Å². The van der Waals surface area contributed by atoms with Crippen molar-refractivity contribution in [2.75, 3.05) is 5.73 Å². The molecule has 138 valence electrons. The lowest BCUT2D eigenvalue weighted by atomic mass is 9.95. The van der Waals surface area contributed by atoms with Crippen molar-refractivity contribution < 1.29 is 37.7 Å². The molecule has 0 saturated carbocycles. The molecular weight excluding hydrogens is 429 g/mol. The monoisotopic (exact) mass is 436 g/mol. The fraction of sp³-hybridized carbons (Fsp3) is 0.0714. The highest BCUT2D eigenvalue weighted by atomic mass is 79.9. The smallest absolute Gasteiger partial charge is 0.478 e. The molecule has 0 radical (unpaired) electrons. The van der Waals surface area contributed by atoms with Gasteiger partial charge in [0.25, 0.3) is 5.56 Å². The molecule has 5 N–H and O–H groups in total. The zero-order chi connectivity index (χ0) is 19.8. The molecule has 2 aromatic rings. The van der Waals surface area contributed by atoms with E-state index in [9.17, 15) is 37.8 Å². The zero-order valence-electron chi connectivity index (χ0n) is 12.3. The SMILES string of the molecule is Nc1[nH]c(=O)c(C(=O)O)c(-c2ccc(Br)c(OC(F)(F)F)c2)c1C(=O)O. The van der Waals surface area contributed by atoms with E-state index in [0.29, 0.717) is 0 Å². The topological polar surface area (TPSA) is 143 Å². The Morgan fingerprint density at radius 2 is 1.73 bits per heavy atom. The Balaban J connectivity index is 2.87. The van der Waals surface area contributed by atoms with Crippen LogP contribution in [0.5, 0.6) is 5.75 Å². The van der Waals surface area contributed by atoms with Crippen molar-refractivity contribution in [2.24, 2.45) is 0 Å². The second kappa shape index (κ2) is 6.71. The molecule has 2 rings (SSSR count). The molecule has 1 aromatic heterocycles. The number of carboxylic acids is 2. The molecule has 0 atom stereocenters. The highest BCUT2D eigenvalue weighted by molar-refractivity contribution is 9.10. The first-order valence-electron chi connectivity index (χ1n) is 6.50. The number of anilines is 1. The molecule has 26 heavy (non-hydrogen) atoms. The Labute approximate surface area is 150 Å². The summed E-state index contributed by atoms with van der Waals surface area (Å²) in [6, 6.07) is 2.93. The Hall–Kier alpha value is -3.02. The minimum atomic E-state index is -5.06. The lowest BCUT2D eigenvalue weighted by Crippen LogP contribution is -2.24. The average Bonchev–Trinajstić information content (AvgIpc) is 2.46. The molecule has 1 heterocycles. The number of nitrogens with one attached hydrogen (secondary N) is 1. The average molecular weight is 437 g/mol. The summed E-state index contributed by atoms with van der Waals surface area (Å²) in [6.45, 7) is 0. The highest BCUT2D eigenvalue weighted by Gasteiger charge is 2.33. The number of hydrogen-bond donors (Lipinski definition) is 4. The van der Waals surface area contributed by atoms with E-state index < -0.39 is 52.1 Å². The lowest BCUT2D eigenvalue weighted by molar-refractivity contribution is -0.274. The van der Waals surface area contributed by atoms with Gasteiger partial charge in [0.15, 0.2) is 0 Å². The van der Waals surface area contributed by atoms with Crippen molar-refractivity contribution in [3.05, 3.63) is 44.2 Å². The quantitative estimate of drug-likeness (QED) is 0.576. The maximum absolute atomic E-state index is 12.5. The van der Waals surface area contributed by atoms with Crippen LogP contribution in [0.15, 0.2) is 27.5 Å². The minimum absolute atomic E-state index is 0.134. The molecule has 0 amide bonds. The van der Waals surface area contributed by atoms with Crippen molar-refractivity contribution in [2.45, 2.75) is 6.36 Å². The molecule has 0 bridgehead atoms. The number of carboxylic acid groups (broad SMARTS) is 2. The van der Waals surface area contributed by atoms with Crippen molar-refractivity contribution in [3.8, 4) is 16.9 Å². The first-order chi connectivity index (χ1) is 11.9. The largest absolute Gasteiger partial charge is 0.573 e. The third kappa shape index (κ3) is 3.79. The van der Waals surface area contributed by atoms with Crippen LogP contribution in [0.1, 0.15) is 20.7 Å². The normalized spacial score (nSPS) is 11.2. The van der Waals surface area contributed by atoms with Gasteiger partial charge in [-0.2, -0.15) is 0 Å². The van der Waals surface area contributed by atoms with Gasteiger partial charge < -0.3 is 25.7 Å². The number of nitrogens with two attached hydrogens (primary N) is 1. The Morgan fingerprint density at radius 3 is 2.23 bits per heavy atom. The summed E-state index contributed by atoms with van der Waals surface area (Å²) in [4.78, 5) is 36.7. The molecule has 1 aromatic carbocycles. The van der Waals surface area contributed by atoms with E-state index in [0.717, 1.165) is 18.2 Å². The van der Waals surface area contributed by atoms with Crippen LogP contribution in [-0.2, 0) is 0 Å². The molecule has 0 fully saturated rings. The predicted molar refractivity (Wildman–Crippen MR) is 85.2 cm³/mol. The highest BCUT2D eigenvalue weighted by Crippen LogP contribution is 2.37. The van der Waals surface area contributed by atoms with Crippen LogP contribution >= 0.6 is 15.9 Å². The number of H-pyrrole nitrogens is 1. The summed E-state index contributed by atoms with van der Waals surface area (Å²) in [5.41, 5.74) is 1.51. The summed E-state index contributed by atoms with van der Waals surface area (Å²) in [5.74, 6) is -4.88. The van der Waals surface area contributed by atoms with Gasteiger partial charge in [0, 0.05) is 5.56 Å². The first-order valence-corrected chi connectivity index (χ1v) is 7.29. The van der Waals surface area contributed by atoms with Crippen LogP contribution in [-0.4, -0.2) is 33.5 Å². The summed E-state index contributed by atoms with van der Waals surface area (Å²) in [6.07, 6.45) is -5.06. The predicted octanol–water partition coefficient (Wildman–Crippen LogP) is 2.68. The van der Waals surface area contributed by atoms with Gasteiger partial charge in [0.1, 0.15) is 22.7 Å². The number of pyridine rings is 1. The number of benzene rings is 1. The van der Waals surface area contributed by atoms with Gasteiger partial charge in [-0.25, -0.2) is 9.59 Å². The third-order valence-corrected chi connectivity index (χ3v) is 3.77. The number of halogens is 4. The van der Waals surface area contributed by atoms with E-state index in [-0.39, 0.29) is 10.0 Å². The number of hydrogen-bond acceptors (Lipinski definition) is 5. The molecule has 0 aliphatic heterocycles. The van der Waals surface area contributed by atoms with Gasteiger partial charge in [0.05, 0.1) is 4.47 Å². The van der Waals surface area contributed by atoms with Gasteiger partial charge in [-0.05, 0) is 33.6 Å². The molecule has 8 nitrogen and oxygen atoms in total. The number of carbonyl (C=O) groups is 2. The number of aromatic nitrogens is 1. The minimum Gasteiger partial charge on any atom is -0.478 e. The van der Waals surface area contributed by atoms with Crippen LogP contribution in [0.25, 0.3) is 11.1 Å². The second-order valence-electron chi connectivity index (χ2n) is 4.80. The molecule has 0 spiro atoms. The summed E-state index contributed by atoms with van der Waals surface area (Å²) in [5, 5.41) is 18.5. The van der Waals surface area contributed by atoms with Gasteiger partial charge >= 0.3 is 18.3 Å². The Morgan fingerprint density at radius 1 is 1.15 bits per heavy atom. The lowest BCUT2D eigenvalue weighted by Gasteiger charge is -2.15. The summed E-state index contributed by atoms with van der Waals surface area (Å²) < 4.78 is 41.1. The zero-order valence-corrected chi connectivity index (χ0v) is 13.9. The van der Waals surface area contributed by atoms with E-state index in [1.807, 2.05) is 4.98 Å². The number of ether oxygens (including phenoxy) is 1. The van der Waals surface area contributed by atoms with E-state index in [1.165, 1.54) is 0 Å². The van der Waals surface area contributed by atoms with E-state index in [2.05, 4.69) is 20.7 Å². The van der Waals surface area contributed by atoms with Crippen molar-refractivity contribution in [1.29, 1.82) is 0 Å². The Kier molecular flexibility index (Phi) is 4.98. The third-order valence-electron chi connectivity index (χ3n) is 3.12.